The highest BCUT2D eigenvalue weighted by Crippen LogP contribution is 2.10. The van der Waals surface area contributed by atoms with E-state index in [1.165, 1.54) is 19.5 Å². The van der Waals surface area contributed by atoms with Crippen LogP contribution < -0.4 is 5.32 Å². The second kappa shape index (κ2) is 6.67. The lowest BCUT2D eigenvalue weighted by atomic mass is 10.0. The van der Waals surface area contributed by atoms with E-state index in [0.717, 1.165) is 0 Å². The highest BCUT2D eigenvalue weighted by molar-refractivity contribution is 5.88. The van der Waals surface area contributed by atoms with Crippen molar-refractivity contribution in [2.24, 2.45) is 5.92 Å². The Morgan fingerprint density at radius 1 is 1.37 bits per heavy atom. The second-order valence-electron chi connectivity index (χ2n) is 4.45. The highest BCUT2D eigenvalue weighted by atomic mass is 16.5. The summed E-state index contributed by atoms with van der Waals surface area (Å²) in [7, 11) is 1.26. The van der Waals surface area contributed by atoms with Gasteiger partial charge in [0.2, 0.25) is 5.95 Å². The summed E-state index contributed by atoms with van der Waals surface area (Å²) in [5.74, 6) is -1.11. The number of esters is 1. The van der Waals surface area contributed by atoms with Gasteiger partial charge in [0.25, 0.3) is 0 Å². The van der Waals surface area contributed by atoms with Crippen molar-refractivity contribution in [2.45, 2.75) is 26.3 Å². The molecule has 0 spiro atoms. The fraction of sp³-hybridized carbons (Fsp3) is 0.500. The van der Waals surface area contributed by atoms with Gasteiger partial charge >= 0.3 is 11.9 Å². The zero-order valence-electron chi connectivity index (χ0n) is 11.1. The topological polar surface area (TPSA) is 101 Å². The minimum Gasteiger partial charge on any atom is -0.480 e. The maximum absolute atomic E-state index is 11.2. The molecule has 1 heterocycles. The molecule has 0 unspecified atom stereocenters. The molecule has 19 heavy (non-hydrogen) atoms. The first-order valence-electron chi connectivity index (χ1n) is 5.83. The monoisotopic (exact) mass is 267 g/mol. The average Bonchev–Trinajstić information content (AvgIpc) is 2.37. The number of aliphatic carboxylic acids is 1. The van der Waals surface area contributed by atoms with E-state index < -0.39 is 18.0 Å². The van der Waals surface area contributed by atoms with Crippen molar-refractivity contribution in [1.82, 2.24) is 9.97 Å². The Morgan fingerprint density at radius 2 is 1.95 bits per heavy atom. The number of nitrogens with one attached hydrogen (secondary N) is 1. The number of hydrogen-bond donors (Lipinski definition) is 2. The molecular weight excluding hydrogens is 250 g/mol. The van der Waals surface area contributed by atoms with Crippen LogP contribution in [0.2, 0.25) is 0 Å². The first-order valence-corrected chi connectivity index (χ1v) is 5.83. The smallest absolute Gasteiger partial charge is 0.341 e. The Kier molecular flexibility index (Phi) is 5.23. The third-order valence-corrected chi connectivity index (χ3v) is 2.38. The molecular formula is C12H17N3O4. The van der Waals surface area contributed by atoms with Crippen molar-refractivity contribution in [1.29, 1.82) is 0 Å². The van der Waals surface area contributed by atoms with Crippen molar-refractivity contribution < 1.29 is 19.4 Å². The quantitative estimate of drug-likeness (QED) is 0.746. The lowest BCUT2D eigenvalue weighted by Gasteiger charge is -2.16. The summed E-state index contributed by atoms with van der Waals surface area (Å²) in [5.41, 5.74) is 0.212. The van der Waals surface area contributed by atoms with Crippen LogP contribution in [0.25, 0.3) is 0 Å². The normalized spacial score (nSPS) is 12.0. The fourth-order valence-electron chi connectivity index (χ4n) is 1.47. The van der Waals surface area contributed by atoms with Crippen molar-refractivity contribution in [3.05, 3.63) is 18.0 Å². The van der Waals surface area contributed by atoms with E-state index in [-0.39, 0.29) is 17.4 Å². The molecule has 1 atom stereocenters. The molecule has 0 fully saturated rings. The van der Waals surface area contributed by atoms with Gasteiger partial charge in [-0.05, 0) is 12.3 Å². The van der Waals surface area contributed by atoms with E-state index in [4.69, 9.17) is 5.11 Å². The van der Waals surface area contributed by atoms with Crippen LogP contribution in [0, 0.1) is 5.92 Å². The van der Waals surface area contributed by atoms with E-state index in [2.05, 4.69) is 20.0 Å². The number of carboxylic acids is 1. The van der Waals surface area contributed by atoms with Crippen LogP contribution in [0.1, 0.15) is 30.6 Å². The van der Waals surface area contributed by atoms with Crippen LogP contribution in [-0.4, -0.2) is 40.2 Å². The number of aromatic nitrogens is 2. The van der Waals surface area contributed by atoms with E-state index in [1.54, 1.807) is 0 Å². The third-order valence-electron chi connectivity index (χ3n) is 2.38. The molecule has 0 aromatic carbocycles. The van der Waals surface area contributed by atoms with Gasteiger partial charge in [-0.1, -0.05) is 13.8 Å². The number of ether oxygens (including phenoxy) is 1. The van der Waals surface area contributed by atoms with Crippen LogP contribution in [0.15, 0.2) is 12.4 Å². The summed E-state index contributed by atoms with van der Waals surface area (Å²) in [6.07, 6.45) is 3.03. The predicted molar refractivity (Wildman–Crippen MR) is 67.9 cm³/mol. The summed E-state index contributed by atoms with van der Waals surface area (Å²) >= 11 is 0. The van der Waals surface area contributed by atoms with Gasteiger partial charge in [0.05, 0.1) is 12.7 Å². The van der Waals surface area contributed by atoms with Gasteiger partial charge in [-0.2, -0.15) is 0 Å². The molecule has 104 valence electrons. The number of carboxylic acid groups (broad SMARTS) is 1. The Balaban J connectivity index is 2.75. The highest BCUT2D eigenvalue weighted by Gasteiger charge is 2.19. The van der Waals surface area contributed by atoms with Crippen molar-refractivity contribution in [2.75, 3.05) is 12.4 Å². The number of methoxy groups -OCH3 is 1. The van der Waals surface area contributed by atoms with Gasteiger partial charge in [-0.15, -0.1) is 0 Å². The standard InChI is InChI=1S/C12H17N3O4/c1-7(2)4-9(10(16)17)15-12-13-5-8(6-14-12)11(18)19-3/h5-7,9H,4H2,1-3H3,(H,16,17)(H,13,14,15)/t9-/m0/s1. The van der Waals surface area contributed by atoms with Gasteiger partial charge in [-0.3, -0.25) is 0 Å². The molecule has 0 amide bonds. The minimum atomic E-state index is -0.964. The van der Waals surface area contributed by atoms with E-state index in [0.29, 0.717) is 6.42 Å². The zero-order chi connectivity index (χ0) is 14.4. The predicted octanol–water partition coefficient (Wildman–Crippen LogP) is 1.17. The van der Waals surface area contributed by atoms with E-state index >= 15 is 0 Å². The number of carbonyl (C=O) groups is 2. The molecule has 0 saturated heterocycles. The molecule has 0 bridgehead atoms. The van der Waals surface area contributed by atoms with Gasteiger partial charge in [0, 0.05) is 12.4 Å². The van der Waals surface area contributed by atoms with Crippen LogP contribution in [0.5, 0.6) is 0 Å². The van der Waals surface area contributed by atoms with Gasteiger partial charge in [0.1, 0.15) is 6.04 Å². The first kappa shape index (κ1) is 14.9. The second-order valence-corrected chi connectivity index (χ2v) is 4.45. The molecule has 7 heteroatoms. The average molecular weight is 267 g/mol. The molecule has 7 nitrogen and oxygen atoms in total. The minimum absolute atomic E-state index is 0.167. The summed E-state index contributed by atoms with van der Waals surface area (Å²) in [6, 6.07) is -0.760. The summed E-state index contributed by atoms with van der Waals surface area (Å²) in [4.78, 5) is 30.0. The number of anilines is 1. The molecule has 1 aromatic rings. The SMILES string of the molecule is COC(=O)c1cnc(N[C@@H](CC(C)C)C(=O)O)nc1. The van der Waals surface area contributed by atoms with Gasteiger partial charge < -0.3 is 15.2 Å². The number of rotatable bonds is 6. The molecule has 0 aliphatic rings. The molecule has 0 radical (unpaired) electrons. The van der Waals surface area contributed by atoms with Gasteiger partial charge in [0.15, 0.2) is 0 Å². The van der Waals surface area contributed by atoms with Crippen LogP contribution >= 0.6 is 0 Å². The molecule has 1 rings (SSSR count). The maximum Gasteiger partial charge on any atom is 0.341 e. The lowest BCUT2D eigenvalue weighted by molar-refractivity contribution is -0.138. The Bertz CT molecular complexity index is 445. The van der Waals surface area contributed by atoms with Crippen molar-refractivity contribution >= 4 is 17.9 Å². The first-order chi connectivity index (χ1) is 8.93. The molecule has 0 saturated carbocycles. The van der Waals surface area contributed by atoms with Crippen LogP contribution in [0.3, 0.4) is 0 Å². The Morgan fingerprint density at radius 3 is 2.37 bits per heavy atom. The lowest BCUT2D eigenvalue weighted by Crippen LogP contribution is -2.31. The molecule has 2 N–H and O–H groups in total. The molecule has 0 aliphatic carbocycles. The van der Waals surface area contributed by atoms with Crippen LogP contribution in [0.4, 0.5) is 5.95 Å². The number of carbonyl (C=O) groups excluding carboxylic acids is 1. The van der Waals surface area contributed by atoms with Gasteiger partial charge in [-0.25, -0.2) is 19.6 Å². The maximum atomic E-state index is 11.2. The fourth-order valence-corrected chi connectivity index (χ4v) is 1.47. The van der Waals surface area contributed by atoms with E-state index in [1.807, 2.05) is 13.8 Å². The molecule has 1 aromatic heterocycles. The number of nitrogens with zero attached hydrogens (tertiary/aromatic N) is 2. The Labute approximate surface area is 111 Å². The van der Waals surface area contributed by atoms with Crippen LogP contribution in [-0.2, 0) is 9.53 Å². The molecule has 0 aliphatic heterocycles. The number of hydrogen-bond acceptors (Lipinski definition) is 6. The third kappa shape index (κ3) is 4.53. The summed E-state index contributed by atoms with van der Waals surface area (Å²) in [6.45, 7) is 3.86. The summed E-state index contributed by atoms with van der Waals surface area (Å²) in [5, 5.41) is 11.8. The summed E-state index contributed by atoms with van der Waals surface area (Å²) < 4.78 is 4.51. The zero-order valence-corrected chi connectivity index (χ0v) is 11.1. The van der Waals surface area contributed by atoms with Crippen molar-refractivity contribution in [3.8, 4) is 0 Å². The Hall–Kier alpha value is -2.18. The van der Waals surface area contributed by atoms with Crippen molar-refractivity contribution in [3.63, 3.8) is 0 Å². The van der Waals surface area contributed by atoms with E-state index in [9.17, 15) is 9.59 Å². The largest absolute Gasteiger partial charge is 0.480 e.